The molecule has 0 aromatic carbocycles. The molecule has 0 aromatic rings. The summed E-state index contributed by atoms with van der Waals surface area (Å²) in [7, 11) is -2.03. The molecule has 1 aliphatic heterocycles. The van der Waals surface area contributed by atoms with Crippen LogP contribution < -0.4 is 10.5 Å². The molecule has 0 spiro atoms. The van der Waals surface area contributed by atoms with Gasteiger partial charge in [-0.25, -0.2) is 13.6 Å². The van der Waals surface area contributed by atoms with E-state index in [1.807, 2.05) is 0 Å². The summed E-state index contributed by atoms with van der Waals surface area (Å²) in [6.45, 7) is 0.341. The van der Waals surface area contributed by atoms with Gasteiger partial charge in [-0.3, -0.25) is 14.5 Å². The Kier molecular flexibility index (Phi) is 4.00. The number of nitrogens with one attached hydrogen (secondary N) is 1. The van der Waals surface area contributed by atoms with Crippen LogP contribution in [0.15, 0.2) is 0 Å². The fraction of sp³-hybridized carbons (Fsp3) is 0.750. The van der Waals surface area contributed by atoms with Crippen molar-refractivity contribution in [3.63, 3.8) is 0 Å². The fourth-order valence-electron chi connectivity index (χ4n) is 1.46. The summed E-state index contributed by atoms with van der Waals surface area (Å²) < 4.78 is 21.2. The standard InChI is InChI=1S/C8H15N3O4S/c1-11-7(12)5-6(8(11)13)10-3-2-4-16(9,14)15/h6,10H,2-5H2,1H3,(H2,9,14,15). The lowest BCUT2D eigenvalue weighted by atomic mass is 10.2. The highest BCUT2D eigenvalue weighted by molar-refractivity contribution is 7.89. The molecule has 1 unspecified atom stereocenters. The van der Waals surface area contributed by atoms with Gasteiger partial charge in [-0.05, 0) is 13.0 Å². The van der Waals surface area contributed by atoms with Crippen molar-refractivity contribution in [2.45, 2.75) is 18.9 Å². The molecule has 1 saturated heterocycles. The lowest BCUT2D eigenvalue weighted by molar-refractivity contribution is -0.137. The zero-order valence-corrected chi connectivity index (χ0v) is 9.79. The molecular formula is C8H15N3O4S. The predicted octanol–water partition coefficient (Wildman–Crippen LogP) is -1.99. The topological polar surface area (TPSA) is 110 Å². The number of nitrogens with zero attached hydrogens (tertiary/aromatic N) is 1. The zero-order chi connectivity index (χ0) is 12.3. The van der Waals surface area contributed by atoms with Gasteiger partial charge in [0, 0.05) is 7.05 Å². The van der Waals surface area contributed by atoms with E-state index in [0.29, 0.717) is 13.0 Å². The van der Waals surface area contributed by atoms with Crippen molar-refractivity contribution in [3.8, 4) is 0 Å². The van der Waals surface area contributed by atoms with Gasteiger partial charge in [0.2, 0.25) is 21.8 Å². The Balaban J connectivity index is 2.30. The van der Waals surface area contributed by atoms with E-state index in [4.69, 9.17) is 5.14 Å². The highest BCUT2D eigenvalue weighted by atomic mass is 32.2. The first-order valence-electron chi connectivity index (χ1n) is 4.85. The van der Waals surface area contributed by atoms with Crippen LogP contribution in [-0.4, -0.2) is 50.5 Å². The van der Waals surface area contributed by atoms with Crippen molar-refractivity contribution in [2.75, 3.05) is 19.3 Å². The van der Waals surface area contributed by atoms with Crippen LogP contribution in [0.2, 0.25) is 0 Å². The molecule has 0 aromatic heterocycles. The smallest absolute Gasteiger partial charge is 0.246 e. The van der Waals surface area contributed by atoms with E-state index in [-0.39, 0.29) is 24.0 Å². The van der Waals surface area contributed by atoms with Gasteiger partial charge in [-0.1, -0.05) is 0 Å². The van der Waals surface area contributed by atoms with Gasteiger partial charge in [0.05, 0.1) is 18.2 Å². The number of carbonyl (C=O) groups excluding carboxylic acids is 2. The minimum atomic E-state index is -3.46. The third kappa shape index (κ3) is 3.54. The molecule has 0 saturated carbocycles. The number of hydrogen-bond donors (Lipinski definition) is 2. The van der Waals surface area contributed by atoms with Gasteiger partial charge < -0.3 is 5.32 Å². The second-order valence-electron chi connectivity index (χ2n) is 3.72. The van der Waals surface area contributed by atoms with Crippen molar-refractivity contribution in [3.05, 3.63) is 0 Å². The Morgan fingerprint density at radius 1 is 1.50 bits per heavy atom. The van der Waals surface area contributed by atoms with E-state index in [9.17, 15) is 18.0 Å². The van der Waals surface area contributed by atoms with Gasteiger partial charge in [0.25, 0.3) is 0 Å². The highest BCUT2D eigenvalue weighted by Gasteiger charge is 2.35. The molecule has 7 nitrogen and oxygen atoms in total. The zero-order valence-electron chi connectivity index (χ0n) is 8.97. The molecule has 92 valence electrons. The van der Waals surface area contributed by atoms with Crippen LogP contribution in [-0.2, 0) is 19.6 Å². The van der Waals surface area contributed by atoms with E-state index in [1.54, 1.807) is 0 Å². The second-order valence-corrected chi connectivity index (χ2v) is 5.46. The maximum absolute atomic E-state index is 11.4. The monoisotopic (exact) mass is 249 g/mol. The molecule has 8 heteroatoms. The van der Waals surface area contributed by atoms with Gasteiger partial charge >= 0.3 is 0 Å². The number of likely N-dealkylation sites (tertiary alicyclic amines) is 1. The lowest BCUT2D eigenvalue weighted by Crippen LogP contribution is -2.38. The first kappa shape index (κ1) is 13.1. The summed E-state index contributed by atoms with van der Waals surface area (Å²) in [5.41, 5.74) is 0. The quantitative estimate of drug-likeness (QED) is 0.433. The molecule has 1 heterocycles. The number of primary sulfonamides is 1. The average Bonchev–Trinajstić information content (AvgIpc) is 2.40. The summed E-state index contributed by atoms with van der Waals surface area (Å²) in [5.74, 6) is -0.639. The molecule has 0 aliphatic carbocycles. The Labute approximate surface area is 94.0 Å². The number of rotatable bonds is 5. The Morgan fingerprint density at radius 3 is 2.56 bits per heavy atom. The number of likely N-dealkylation sites (N-methyl/N-ethyl adjacent to an activating group) is 1. The van der Waals surface area contributed by atoms with Crippen LogP contribution in [0.25, 0.3) is 0 Å². The predicted molar refractivity (Wildman–Crippen MR) is 56.8 cm³/mol. The van der Waals surface area contributed by atoms with E-state index in [1.165, 1.54) is 7.05 Å². The van der Waals surface area contributed by atoms with Crippen LogP contribution >= 0.6 is 0 Å². The van der Waals surface area contributed by atoms with Gasteiger partial charge in [-0.15, -0.1) is 0 Å². The molecule has 0 bridgehead atoms. The molecular weight excluding hydrogens is 234 g/mol. The summed E-state index contributed by atoms with van der Waals surface area (Å²) >= 11 is 0. The number of imide groups is 1. The number of hydrogen-bond acceptors (Lipinski definition) is 5. The van der Waals surface area contributed by atoms with Crippen LogP contribution in [0.4, 0.5) is 0 Å². The Morgan fingerprint density at radius 2 is 2.12 bits per heavy atom. The number of nitrogens with two attached hydrogens (primary N) is 1. The summed E-state index contributed by atoms with van der Waals surface area (Å²) in [6.07, 6.45) is 0.450. The Hall–Kier alpha value is -0.990. The van der Waals surface area contributed by atoms with E-state index in [2.05, 4.69) is 5.32 Å². The largest absolute Gasteiger partial charge is 0.305 e. The molecule has 1 aliphatic rings. The van der Waals surface area contributed by atoms with E-state index >= 15 is 0 Å². The van der Waals surface area contributed by atoms with Crippen LogP contribution in [0.3, 0.4) is 0 Å². The maximum Gasteiger partial charge on any atom is 0.246 e. The number of carbonyl (C=O) groups is 2. The maximum atomic E-state index is 11.4. The summed E-state index contributed by atoms with van der Waals surface area (Å²) in [6, 6.07) is -0.530. The average molecular weight is 249 g/mol. The second kappa shape index (κ2) is 4.89. The minimum Gasteiger partial charge on any atom is -0.305 e. The third-order valence-corrected chi connectivity index (χ3v) is 3.24. The molecule has 2 amide bonds. The minimum absolute atomic E-state index is 0.130. The normalized spacial score (nSPS) is 21.9. The van der Waals surface area contributed by atoms with Crippen LogP contribution in [0, 0.1) is 0 Å². The van der Waals surface area contributed by atoms with Crippen LogP contribution in [0.5, 0.6) is 0 Å². The molecule has 1 atom stereocenters. The first-order chi connectivity index (χ1) is 7.31. The van der Waals surface area contributed by atoms with Crippen molar-refractivity contribution < 1.29 is 18.0 Å². The summed E-state index contributed by atoms with van der Waals surface area (Å²) in [5, 5.41) is 7.65. The third-order valence-electron chi connectivity index (χ3n) is 2.38. The Bertz CT molecular complexity index is 392. The van der Waals surface area contributed by atoms with E-state index < -0.39 is 16.1 Å². The van der Waals surface area contributed by atoms with Gasteiger partial charge in [0.15, 0.2) is 0 Å². The molecule has 1 fully saturated rings. The molecule has 0 radical (unpaired) electrons. The molecule has 1 rings (SSSR count). The van der Waals surface area contributed by atoms with Gasteiger partial charge in [0.1, 0.15) is 0 Å². The molecule has 3 N–H and O–H groups in total. The first-order valence-corrected chi connectivity index (χ1v) is 6.57. The van der Waals surface area contributed by atoms with Crippen LogP contribution in [0.1, 0.15) is 12.8 Å². The lowest BCUT2D eigenvalue weighted by Gasteiger charge is -2.10. The van der Waals surface area contributed by atoms with Crippen molar-refractivity contribution in [2.24, 2.45) is 5.14 Å². The van der Waals surface area contributed by atoms with Crippen molar-refractivity contribution in [1.29, 1.82) is 0 Å². The van der Waals surface area contributed by atoms with Crippen molar-refractivity contribution in [1.82, 2.24) is 10.2 Å². The summed E-state index contributed by atoms with van der Waals surface area (Å²) in [4.78, 5) is 23.6. The van der Waals surface area contributed by atoms with Gasteiger partial charge in [-0.2, -0.15) is 0 Å². The number of sulfonamides is 1. The fourth-order valence-corrected chi connectivity index (χ4v) is 2.01. The highest BCUT2D eigenvalue weighted by Crippen LogP contribution is 2.10. The van der Waals surface area contributed by atoms with Crippen molar-refractivity contribution >= 4 is 21.8 Å². The van der Waals surface area contributed by atoms with E-state index in [0.717, 1.165) is 4.90 Å². The molecule has 16 heavy (non-hydrogen) atoms. The number of amides is 2. The SMILES string of the molecule is CN1C(=O)CC(NCCCS(N)(=O)=O)C1=O.